The molecule has 1 amide bonds. The van der Waals surface area contributed by atoms with Gasteiger partial charge in [0.05, 0.1) is 0 Å². The van der Waals surface area contributed by atoms with Gasteiger partial charge in [0.15, 0.2) is 6.10 Å². The van der Waals surface area contributed by atoms with Crippen molar-refractivity contribution in [2.24, 2.45) is 5.73 Å². The number of rotatable bonds is 6. The maximum absolute atomic E-state index is 11.6. The van der Waals surface area contributed by atoms with Crippen molar-refractivity contribution in [2.45, 2.75) is 32.9 Å². The molecule has 0 aliphatic rings. The van der Waals surface area contributed by atoms with Gasteiger partial charge in [0, 0.05) is 18.7 Å². The van der Waals surface area contributed by atoms with E-state index in [1.54, 1.807) is 6.92 Å². The number of ether oxygens (including phenoxy) is 1. The number of carbonyl (C=O) groups is 1. The summed E-state index contributed by atoms with van der Waals surface area (Å²) in [6.45, 7) is 4.82. The number of carbonyl (C=O) groups excluding carboxylic acids is 1. The minimum Gasteiger partial charge on any atom is -0.481 e. The number of nitrogens with two attached hydrogens (primary N) is 1. The Kier molecular flexibility index (Phi) is 5.49. The first kappa shape index (κ1) is 13.5. The molecule has 0 heterocycles. The standard InChI is InChI=1S/C13H20N2O2/c1-3-8-15-13(16)10(2)17-12-7-5-4-6-11(12)9-14/h4-7,10H,3,8-9,14H2,1-2H3,(H,15,16). The SMILES string of the molecule is CCCNC(=O)C(C)Oc1ccccc1CN. The fourth-order valence-electron chi connectivity index (χ4n) is 1.42. The van der Waals surface area contributed by atoms with Crippen molar-refractivity contribution in [1.82, 2.24) is 5.32 Å². The number of hydrogen-bond donors (Lipinski definition) is 2. The predicted molar refractivity (Wildman–Crippen MR) is 67.7 cm³/mol. The van der Waals surface area contributed by atoms with Gasteiger partial charge in [-0.2, -0.15) is 0 Å². The van der Waals surface area contributed by atoms with Gasteiger partial charge >= 0.3 is 0 Å². The molecule has 1 aromatic rings. The highest BCUT2D eigenvalue weighted by Gasteiger charge is 2.14. The fourth-order valence-corrected chi connectivity index (χ4v) is 1.42. The number of para-hydroxylation sites is 1. The van der Waals surface area contributed by atoms with E-state index < -0.39 is 6.10 Å². The fraction of sp³-hybridized carbons (Fsp3) is 0.462. The van der Waals surface area contributed by atoms with E-state index in [2.05, 4.69) is 5.32 Å². The van der Waals surface area contributed by atoms with E-state index in [-0.39, 0.29) is 5.91 Å². The zero-order valence-electron chi connectivity index (χ0n) is 10.4. The van der Waals surface area contributed by atoms with Crippen LogP contribution in [0.3, 0.4) is 0 Å². The van der Waals surface area contributed by atoms with Gasteiger partial charge in [0.25, 0.3) is 5.91 Å². The first-order valence-electron chi connectivity index (χ1n) is 5.91. The summed E-state index contributed by atoms with van der Waals surface area (Å²) in [6, 6.07) is 7.49. The highest BCUT2D eigenvalue weighted by Crippen LogP contribution is 2.18. The predicted octanol–water partition coefficient (Wildman–Crippen LogP) is 1.44. The Labute approximate surface area is 102 Å². The Morgan fingerprint density at radius 2 is 2.18 bits per heavy atom. The van der Waals surface area contributed by atoms with Gasteiger partial charge in [0.2, 0.25) is 0 Å². The molecule has 17 heavy (non-hydrogen) atoms. The smallest absolute Gasteiger partial charge is 0.260 e. The maximum Gasteiger partial charge on any atom is 0.260 e. The monoisotopic (exact) mass is 236 g/mol. The van der Waals surface area contributed by atoms with Crippen LogP contribution >= 0.6 is 0 Å². The van der Waals surface area contributed by atoms with Crippen LogP contribution < -0.4 is 15.8 Å². The summed E-state index contributed by atoms with van der Waals surface area (Å²) in [6.07, 6.45) is 0.409. The topological polar surface area (TPSA) is 64.3 Å². The lowest BCUT2D eigenvalue weighted by Crippen LogP contribution is -2.36. The second-order valence-corrected chi connectivity index (χ2v) is 3.86. The molecule has 1 aromatic carbocycles. The molecule has 4 nitrogen and oxygen atoms in total. The average molecular weight is 236 g/mol. The summed E-state index contributed by atoms with van der Waals surface area (Å²) >= 11 is 0. The third kappa shape index (κ3) is 4.07. The van der Waals surface area contributed by atoms with E-state index >= 15 is 0 Å². The lowest BCUT2D eigenvalue weighted by Gasteiger charge is -2.16. The minimum atomic E-state index is -0.505. The van der Waals surface area contributed by atoms with Crippen LogP contribution in [0.5, 0.6) is 5.75 Å². The molecule has 0 fully saturated rings. The molecule has 4 heteroatoms. The Balaban J connectivity index is 2.60. The average Bonchev–Trinajstić information content (AvgIpc) is 2.36. The minimum absolute atomic E-state index is 0.0984. The van der Waals surface area contributed by atoms with Gasteiger partial charge in [-0.3, -0.25) is 4.79 Å². The molecule has 94 valence electrons. The first-order valence-corrected chi connectivity index (χ1v) is 5.91. The summed E-state index contributed by atoms with van der Waals surface area (Å²) in [4.78, 5) is 11.6. The van der Waals surface area contributed by atoms with Gasteiger partial charge in [0.1, 0.15) is 5.75 Å². The maximum atomic E-state index is 11.6. The largest absolute Gasteiger partial charge is 0.481 e. The molecule has 0 bridgehead atoms. The molecule has 0 saturated carbocycles. The first-order chi connectivity index (χ1) is 8.19. The Bertz CT molecular complexity index is 366. The molecule has 0 aliphatic heterocycles. The van der Waals surface area contributed by atoms with Crippen molar-refractivity contribution < 1.29 is 9.53 Å². The molecule has 1 rings (SSSR count). The summed E-state index contributed by atoms with van der Waals surface area (Å²) in [5, 5.41) is 2.79. The Morgan fingerprint density at radius 1 is 1.47 bits per heavy atom. The van der Waals surface area contributed by atoms with Crippen molar-refractivity contribution in [1.29, 1.82) is 0 Å². The van der Waals surface area contributed by atoms with Gasteiger partial charge in [-0.05, 0) is 19.4 Å². The van der Waals surface area contributed by atoms with E-state index in [1.807, 2.05) is 31.2 Å². The molecule has 0 aliphatic carbocycles. The van der Waals surface area contributed by atoms with Crippen LogP contribution in [-0.2, 0) is 11.3 Å². The lowest BCUT2D eigenvalue weighted by atomic mass is 10.2. The van der Waals surface area contributed by atoms with Crippen LogP contribution in [0.4, 0.5) is 0 Å². The normalized spacial score (nSPS) is 11.9. The second kappa shape index (κ2) is 6.91. The van der Waals surface area contributed by atoms with E-state index in [9.17, 15) is 4.79 Å². The van der Waals surface area contributed by atoms with Crippen LogP contribution in [0.15, 0.2) is 24.3 Å². The summed E-state index contributed by atoms with van der Waals surface area (Å²) in [5.41, 5.74) is 6.51. The summed E-state index contributed by atoms with van der Waals surface area (Å²) in [5.74, 6) is 0.577. The second-order valence-electron chi connectivity index (χ2n) is 3.86. The Morgan fingerprint density at radius 3 is 2.82 bits per heavy atom. The molecule has 1 atom stereocenters. The van der Waals surface area contributed by atoms with Crippen LogP contribution in [0.2, 0.25) is 0 Å². The van der Waals surface area contributed by atoms with Crippen LogP contribution in [0, 0.1) is 0 Å². The van der Waals surface area contributed by atoms with Crippen LogP contribution in [0.25, 0.3) is 0 Å². The summed E-state index contributed by atoms with van der Waals surface area (Å²) < 4.78 is 5.60. The molecular formula is C13H20N2O2. The van der Waals surface area contributed by atoms with Crippen molar-refractivity contribution in [3.05, 3.63) is 29.8 Å². The molecule has 0 aromatic heterocycles. The van der Waals surface area contributed by atoms with Gasteiger partial charge in [-0.1, -0.05) is 25.1 Å². The lowest BCUT2D eigenvalue weighted by molar-refractivity contribution is -0.127. The number of nitrogens with one attached hydrogen (secondary N) is 1. The number of benzene rings is 1. The summed E-state index contributed by atoms with van der Waals surface area (Å²) in [7, 11) is 0. The third-order valence-electron chi connectivity index (χ3n) is 2.41. The van der Waals surface area contributed by atoms with Gasteiger partial charge in [-0.25, -0.2) is 0 Å². The zero-order valence-corrected chi connectivity index (χ0v) is 10.4. The molecule has 0 saturated heterocycles. The molecule has 3 N–H and O–H groups in total. The molecule has 1 unspecified atom stereocenters. The molecule has 0 radical (unpaired) electrons. The van der Waals surface area contributed by atoms with Crippen LogP contribution in [0.1, 0.15) is 25.8 Å². The van der Waals surface area contributed by atoms with Crippen molar-refractivity contribution in [3.8, 4) is 5.75 Å². The zero-order chi connectivity index (χ0) is 12.7. The van der Waals surface area contributed by atoms with E-state index in [4.69, 9.17) is 10.5 Å². The van der Waals surface area contributed by atoms with Gasteiger partial charge in [-0.15, -0.1) is 0 Å². The number of hydrogen-bond acceptors (Lipinski definition) is 3. The highest BCUT2D eigenvalue weighted by atomic mass is 16.5. The van der Waals surface area contributed by atoms with Crippen molar-refractivity contribution in [2.75, 3.05) is 6.54 Å². The van der Waals surface area contributed by atoms with Crippen LogP contribution in [-0.4, -0.2) is 18.6 Å². The van der Waals surface area contributed by atoms with E-state index in [0.29, 0.717) is 18.8 Å². The molecule has 0 spiro atoms. The van der Waals surface area contributed by atoms with Gasteiger partial charge < -0.3 is 15.8 Å². The highest BCUT2D eigenvalue weighted by molar-refractivity contribution is 5.80. The van der Waals surface area contributed by atoms with E-state index in [1.165, 1.54) is 0 Å². The third-order valence-corrected chi connectivity index (χ3v) is 2.41. The van der Waals surface area contributed by atoms with E-state index in [0.717, 1.165) is 12.0 Å². The van der Waals surface area contributed by atoms with Crippen molar-refractivity contribution >= 4 is 5.91 Å². The number of amides is 1. The van der Waals surface area contributed by atoms with Crippen molar-refractivity contribution in [3.63, 3.8) is 0 Å². The molecular weight excluding hydrogens is 216 g/mol. The quantitative estimate of drug-likeness (QED) is 0.785. The Hall–Kier alpha value is -1.55.